The highest BCUT2D eigenvalue weighted by Crippen LogP contribution is 2.50. The predicted molar refractivity (Wildman–Crippen MR) is 147 cm³/mol. The number of nitrogens with one attached hydrogen (secondary N) is 1. The van der Waals surface area contributed by atoms with Crippen molar-refractivity contribution in [3.63, 3.8) is 0 Å². The van der Waals surface area contributed by atoms with Gasteiger partial charge in [-0.15, -0.1) is 0 Å². The first-order valence-corrected chi connectivity index (χ1v) is 15.1. The third kappa shape index (κ3) is 6.91. The quantitative estimate of drug-likeness (QED) is 0.327. The maximum absolute atomic E-state index is 11.7. The van der Waals surface area contributed by atoms with Gasteiger partial charge in [-0.3, -0.25) is 4.79 Å². The van der Waals surface area contributed by atoms with Crippen LogP contribution in [-0.4, -0.2) is 43.7 Å². The molecule has 38 heavy (non-hydrogen) atoms. The van der Waals surface area contributed by atoms with E-state index in [1.165, 1.54) is 0 Å². The van der Waals surface area contributed by atoms with E-state index in [4.69, 9.17) is 9.47 Å². The largest absolute Gasteiger partial charge is 0.481 e. The molecule has 2 unspecified atom stereocenters. The topological polar surface area (TPSA) is 104 Å². The number of aliphatic carboxylic acids is 1. The molecule has 2 aromatic rings. The number of H-pyrrole nitrogens is 1. The number of aromatic nitrogens is 1. The highest BCUT2D eigenvalue weighted by Gasteiger charge is 2.52. The number of aryl methyl sites for hydroxylation is 1. The molecule has 2 aliphatic rings. The standard InChI is InChI=1S/C30H37NO6S/c1-4-8-26-27(29(26)30(32)33)10-5-6-16-36-19-22-9-7-11-24(20(22)2)25-12-13-28(31-21(25)3)37-23-14-17-38(34,35)18-15-23/h4-9,11-13,23,26-27,29H,10,14-19H2,1-3H3,(H,32,33)/p+1/b6-5+,8-4+/t26?,27?,29-/m1/s1. The Labute approximate surface area is 225 Å². The van der Waals surface area contributed by atoms with E-state index in [0.717, 1.165) is 34.4 Å². The van der Waals surface area contributed by atoms with Crippen LogP contribution in [0.5, 0.6) is 5.88 Å². The van der Waals surface area contributed by atoms with Crippen molar-refractivity contribution in [2.45, 2.75) is 52.7 Å². The molecule has 0 radical (unpaired) electrons. The van der Waals surface area contributed by atoms with Crippen LogP contribution >= 0.6 is 0 Å². The van der Waals surface area contributed by atoms with E-state index in [0.29, 0.717) is 31.9 Å². The number of benzene rings is 1. The van der Waals surface area contributed by atoms with Gasteiger partial charge in [0.25, 0.3) is 0 Å². The minimum atomic E-state index is -2.92. The van der Waals surface area contributed by atoms with Crippen LogP contribution < -0.4 is 9.72 Å². The summed E-state index contributed by atoms with van der Waals surface area (Å²) in [7, 11) is -2.92. The highest BCUT2D eigenvalue weighted by atomic mass is 32.2. The van der Waals surface area contributed by atoms with Crippen molar-refractivity contribution in [1.29, 1.82) is 0 Å². The first-order chi connectivity index (χ1) is 18.2. The van der Waals surface area contributed by atoms with E-state index in [9.17, 15) is 18.3 Å². The van der Waals surface area contributed by atoms with Gasteiger partial charge in [0, 0.05) is 12.5 Å². The van der Waals surface area contributed by atoms with Gasteiger partial charge in [0.05, 0.1) is 36.7 Å². The zero-order chi connectivity index (χ0) is 27.3. The van der Waals surface area contributed by atoms with Crippen LogP contribution in [0.3, 0.4) is 0 Å². The summed E-state index contributed by atoms with van der Waals surface area (Å²) in [6, 6.07) is 10.1. The number of aromatic amines is 1. The summed E-state index contributed by atoms with van der Waals surface area (Å²) in [5.74, 6) is 0.347. The Balaban J connectivity index is 1.31. The number of pyridine rings is 1. The van der Waals surface area contributed by atoms with E-state index in [-0.39, 0.29) is 35.4 Å². The van der Waals surface area contributed by atoms with Crippen LogP contribution in [0, 0.1) is 31.6 Å². The van der Waals surface area contributed by atoms with Crippen molar-refractivity contribution in [2.24, 2.45) is 17.8 Å². The first-order valence-electron chi connectivity index (χ1n) is 13.3. The molecule has 0 bridgehead atoms. The van der Waals surface area contributed by atoms with Crippen LogP contribution in [-0.2, 0) is 26.0 Å². The van der Waals surface area contributed by atoms with Gasteiger partial charge in [0.1, 0.15) is 6.10 Å². The summed E-state index contributed by atoms with van der Waals surface area (Å²) in [6.45, 7) is 6.99. The van der Waals surface area contributed by atoms with Crippen LogP contribution in [0.4, 0.5) is 0 Å². The highest BCUT2D eigenvalue weighted by molar-refractivity contribution is 7.91. The lowest BCUT2D eigenvalue weighted by Crippen LogP contribution is -2.32. The van der Waals surface area contributed by atoms with E-state index in [1.807, 2.05) is 56.4 Å². The fourth-order valence-corrected chi connectivity index (χ4v) is 6.78. The number of carbonyl (C=O) groups is 1. The lowest BCUT2D eigenvalue weighted by molar-refractivity contribution is -0.404. The lowest BCUT2D eigenvalue weighted by atomic mass is 9.96. The SMILES string of the molecule is C/C=C/C1C(C/C=C/COCc2cccc(-c3ccc(OC4CCS(=O)(=O)CC4)[nH+]c3C)c2C)[C@@H]1C(=O)O. The average molecular weight is 541 g/mol. The third-order valence-electron chi connectivity index (χ3n) is 7.62. The van der Waals surface area contributed by atoms with Crippen LogP contribution in [0.25, 0.3) is 11.1 Å². The molecule has 1 saturated carbocycles. The lowest BCUT2D eigenvalue weighted by Gasteiger charge is -2.21. The molecule has 4 rings (SSSR count). The Kier molecular flexibility index (Phi) is 9.05. The monoisotopic (exact) mass is 540 g/mol. The summed E-state index contributed by atoms with van der Waals surface area (Å²) >= 11 is 0. The molecular weight excluding hydrogens is 502 g/mol. The summed E-state index contributed by atoms with van der Waals surface area (Å²) in [5, 5.41) is 9.32. The Hall–Kier alpha value is -2.97. The number of carboxylic acid groups (broad SMARTS) is 1. The van der Waals surface area contributed by atoms with Gasteiger partial charge >= 0.3 is 11.8 Å². The van der Waals surface area contributed by atoms with Crippen molar-refractivity contribution in [3.8, 4) is 17.0 Å². The molecule has 2 fully saturated rings. The van der Waals surface area contributed by atoms with Crippen LogP contribution in [0.15, 0.2) is 54.6 Å². The molecule has 0 spiro atoms. The molecular formula is C30H38NO6S+. The van der Waals surface area contributed by atoms with Crippen molar-refractivity contribution in [3.05, 3.63) is 71.5 Å². The Bertz CT molecular complexity index is 1300. The van der Waals surface area contributed by atoms with Crippen LogP contribution in [0.2, 0.25) is 0 Å². The number of rotatable bonds is 11. The first kappa shape index (κ1) is 28.0. The second kappa shape index (κ2) is 12.3. The summed E-state index contributed by atoms with van der Waals surface area (Å²) < 4.78 is 35.3. The average Bonchev–Trinajstić information content (AvgIpc) is 3.57. The van der Waals surface area contributed by atoms with Gasteiger partial charge in [-0.05, 0) is 67.7 Å². The summed E-state index contributed by atoms with van der Waals surface area (Å²) in [4.78, 5) is 14.7. The van der Waals surface area contributed by atoms with E-state index in [1.54, 1.807) is 0 Å². The molecule has 204 valence electrons. The molecule has 1 aromatic carbocycles. The fourth-order valence-electron chi connectivity index (χ4n) is 5.33. The summed E-state index contributed by atoms with van der Waals surface area (Å²) in [5.41, 5.74) is 5.44. The van der Waals surface area contributed by atoms with E-state index < -0.39 is 15.8 Å². The number of carboxylic acids is 1. The van der Waals surface area contributed by atoms with Gasteiger partial charge < -0.3 is 14.6 Å². The zero-order valence-electron chi connectivity index (χ0n) is 22.4. The molecule has 1 saturated heterocycles. The minimum absolute atomic E-state index is 0.0891. The predicted octanol–water partition coefficient (Wildman–Crippen LogP) is 4.73. The van der Waals surface area contributed by atoms with Gasteiger partial charge in [0.2, 0.25) is 0 Å². The molecule has 7 nitrogen and oxygen atoms in total. The van der Waals surface area contributed by atoms with Gasteiger partial charge in [0.15, 0.2) is 15.5 Å². The smallest absolute Gasteiger partial charge is 0.366 e. The van der Waals surface area contributed by atoms with Crippen molar-refractivity contribution in [2.75, 3.05) is 18.1 Å². The molecule has 2 heterocycles. The van der Waals surface area contributed by atoms with Crippen LogP contribution in [0.1, 0.15) is 43.0 Å². The fraction of sp³-hybridized carbons (Fsp3) is 0.467. The maximum atomic E-state index is 11.7. The van der Waals surface area contributed by atoms with E-state index in [2.05, 4.69) is 24.0 Å². The Morgan fingerprint density at radius 3 is 2.55 bits per heavy atom. The summed E-state index contributed by atoms with van der Waals surface area (Å²) in [6.07, 6.45) is 9.63. The number of ether oxygens (including phenoxy) is 2. The second-order valence-electron chi connectivity index (χ2n) is 10.3. The van der Waals surface area contributed by atoms with E-state index >= 15 is 0 Å². The minimum Gasteiger partial charge on any atom is -0.481 e. The molecule has 0 amide bonds. The molecule has 3 atom stereocenters. The number of hydrogen-bond donors (Lipinski definition) is 1. The normalized spacial score (nSPS) is 23.2. The van der Waals surface area contributed by atoms with Gasteiger partial charge in [-0.25, -0.2) is 8.42 Å². The third-order valence-corrected chi connectivity index (χ3v) is 9.34. The molecule has 8 heteroatoms. The maximum Gasteiger partial charge on any atom is 0.366 e. The molecule has 2 N–H and O–H groups in total. The Morgan fingerprint density at radius 1 is 1.11 bits per heavy atom. The van der Waals surface area contributed by atoms with Crippen molar-refractivity contribution in [1.82, 2.24) is 0 Å². The Morgan fingerprint density at radius 2 is 1.87 bits per heavy atom. The second-order valence-corrected chi connectivity index (χ2v) is 12.6. The number of allylic oxidation sites excluding steroid dienone is 3. The number of sulfone groups is 1. The van der Waals surface area contributed by atoms with Gasteiger partial charge in [-0.1, -0.05) is 42.5 Å². The zero-order valence-corrected chi connectivity index (χ0v) is 23.2. The number of hydrogen-bond acceptors (Lipinski definition) is 5. The molecule has 1 aliphatic carbocycles. The van der Waals surface area contributed by atoms with Gasteiger partial charge in [-0.2, -0.15) is 4.98 Å². The molecule has 1 aliphatic heterocycles. The van der Waals surface area contributed by atoms with Crippen molar-refractivity contribution >= 4 is 15.8 Å². The molecule has 1 aromatic heterocycles. The van der Waals surface area contributed by atoms with Crippen molar-refractivity contribution < 1.29 is 32.8 Å².